The first-order chi connectivity index (χ1) is 11.2. The summed E-state index contributed by atoms with van der Waals surface area (Å²) in [5.74, 6) is 0.834. The average Bonchev–Trinajstić information content (AvgIpc) is 2.58. The summed E-state index contributed by atoms with van der Waals surface area (Å²) in [6.45, 7) is 4.14. The molecule has 1 aromatic heterocycles. The molecule has 0 radical (unpaired) electrons. The lowest BCUT2D eigenvalue weighted by Gasteiger charge is -2.03. The van der Waals surface area contributed by atoms with E-state index < -0.39 is 0 Å². The number of halogens is 1. The van der Waals surface area contributed by atoms with Crippen LogP contribution in [-0.4, -0.2) is 11.6 Å². The molecule has 0 saturated heterocycles. The van der Waals surface area contributed by atoms with Gasteiger partial charge < -0.3 is 4.74 Å². The second-order valence-electron chi connectivity index (χ2n) is 5.08. The van der Waals surface area contributed by atoms with Crippen molar-refractivity contribution in [1.82, 2.24) is 4.98 Å². The highest BCUT2D eigenvalue weighted by atomic mass is 35.5. The van der Waals surface area contributed by atoms with Gasteiger partial charge in [0.25, 0.3) is 0 Å². The molecule has 0 aliphatic carbocycles. The second-order valence-corrected chi connectivity index (χ2v) is 5.51. The van der Waals surface area contributed by atoms with Crippen LogP contribution in [0.4, 0.5) is 0 Å². The molecule has 3 heteroatoms. The molecule has 0 atom stereocenters. The van der Waals surface area contributed by atoms with E-state index in [1.54, 1.807) is 6.08 Å². The lowest BCUT2D eigenvalue weighted by atomic mass is 10.1. The molecule has 23 heavy (non-hydrogen) atoms. The van der Waals surface area contributed by atoms with Crippen molar-refractivity contribution in [1.29, 1.82) is 0 Å². The van der Waals surface area contributed by atoms with Crippen LogP contribution in [0.15, 0.2) is 67.3 Å². The minimum atomic E-state index is 0.513. The minimum Gasteiger partial charge on any atom is -0.490 e. The van der Waals surface area contributed by atoms with Crippen LogP contribution < -0.4 is 4.74 Å². The van der Waals surface area contributed by atoms with Crippen LogP contribution in [0.3, 0.4) is 0 Å². The molecule has 0 spiro atoms. The molecular weight excluding hydrogens is 306 g/mol. The third-order valence-corrected chi connectivity index (χ3v) is 3.61. The standard InChI is InChI=1S/C20H16ClNO/c1-2-13-23-19-11-4-15(5-12-19)3-9-18-10-7-16-6-8-17(21)14-20(16)22-18/h2-12,14H,1,13H2/b9-3+. The Hall–Kier alpha value is -2.58. The molecule has 1 heterocycles. The Labute approximate surface area is 140 Å². The van der Waals surface area contributed by atoms with Crippen LogP contribution in [0, 0.1) is 0 Å². The molecule has 3 aromatic rings. The van der Waals surface area contributed by atoms with E-state index in [1.807, 2.05) is 66.7 Å². The largest absolute Gasteiger partial charge is 0.490 e. The number of ether oxygens (including phenoxy) is 1. The van der Waals surface area contributed by atoms with Crippen LogP contribution in [0.2, 0.25) is 5.02 Å². The van der Waals surface area contributed by atoms with Gasteiger partial charge in [-0.05, 0) is 42.0 Å². The zero-order chi connectivity index (χ0) is 16.1. The van der Waals surface area contributed by atoms with Crippen molar-refractivity contribution in [2.24, 2.45) is 0 Å². The first-order valence-electron chi connectivity index (χ1n) is 7.33. The van der Waals surface area contributed by atoms with Gasteiger partial charge in [0.15, 0.2) is 0 Å². The molecule has 0 N–H and O–H groups in total. The molecule has 114 valence electrons. The van der Waals surface area contributed by atoms with Crippen molar-refractivity contribution >= 4 is 34.7 Å². The summed E-state index contributed by atoms with van der Waals surface area (Å²) in [6.07, 6.45) is 5.74. The van der Waals surface area contributed by atoms with Crippen molar-refractivity contribution in [3.8, 4) is 5.75 Å². The van der Waals surface area contributed by atoms with E-state index >= 15 is 0 Å². The average molecular weight is 322 g/mol. The zero-order valence-corrected chi connectivity index (χ0v) is 13.3. The SMILES string of the molecule is C=CCOc1ccc(/C=C/c2ccc3ccc(Cl)cc3n2)cc1. The molecule has 2 nitrogen and oxygen atoms in total. The third kappa shape index (κ3) is 3.99. The predicted molar refractivity (Wildman–Crippen MR) is 97.8 cm³/mol. The summed E-state index contributed by atoms with van der Waals surface area (Å²) in [5.41, 5.74) is 2.88. The van der Waals surface area contributed by atoms with Crippen molar-refractivity contribution in [2.45, 2.75) is 0 Å². The van der Waals surface area contributed by atoms with Crippen LogP contribution in [0.1, 0.15) is 11.3 Å². The van der Waals surface area contributed by atoms with Crippen molar-refractivity contribution in [3.05, 3.63) is 83.5 Å². The van der Waals surface area contributed by atoms with E-state index in [9.17, 15) is 0 Å². The van der Waals surface area contributed by atoms with E-state index in [4.69, 9.17) is 16.3 Å². The van der Waals surface area contributed by atoms with Gasteiger partial charge in [0.2, 0.25) is 0 Å². The van der Waals surface area contributed by atoms with Gasteiger partial charge in [-0.3, -0.25) is 0 Å². The van der Waals surface area contributed by atoms with Gasteiger partial charge in [-0.2, -0.15) is 0 Å². The highest BCUT2D eigenvalue weighted by molar-refractivity contribution is 6.31. The van der Waals surface area contributed by atoms with Crippen LogP contribution in [-0.2, 0) is 0 Å². The molecule has 0 saturated carbocycles. The molecule has 0 fully saturated rings. The van der Waals surface area contributed by atoms with E-state index in [0.29, 0.717) is 11.6 Å². The van der Waals surface area contributed by atoms with Crippen LogP contribution in [0.25, 0.3) is 23.1 Å². The van der Waals surface area contributed by atoms with Gasteiger partial charge in [0.1, 0.15) is 12.4 Å². The zero-order valence-electron chi connectivity index (χ0n) is 12.6. The molecule has 0 amide bonds. The number of aromatic nitrogens is 1. The Morgan fingerprint density at radius 1 is 1.00 bits per heavy atom. The summed E-state index contributed by atoms with van der Waals surface area (Å²) in [6, 6.07) is 17.7. The maximum Gasteiger partial charge on any atom is 0.119 e. The highest BCUT2D eigenvalue weighted by Crippen LogP contribution is 2.19. The van der Waals surface area contributed by atoms with Crippen molar-refractivity contribution in [3.63, 3.8) is 0 Å². The number of rotatable bonds is 5. The number of benzene rings is 2. The Morgan fingerprint density at radius 2 is 1.78 bits per heavy atom. The lowest BCUT2D eigenvalue weighted by molar-refractivity contribution is 0.363. The maximum absolute atomic E-state index is 6.02. The Morgan fingerprint density at radius 3 is 2.57 bits per heavy atom. The van der Waals surface area contributed by atoms with Crippen LogP contribution >= 0.6 is 11.6 Å². The van der Waals surface area contributed by atoms with E-state index in [-0.39, 0.29) is 0 Å². The molecule has 0 aliphatic heterocycles. The fourth-order valence-electron chi connectivity index (χ4n) is 2.21. The topological polar surface area (TPSA) is 22.1 Å². The Bertz CT molecular complexity index is 853. The summed E-state index contributed by atoms with van der Waals surface area (Å²) in [7, 11) is 0. The smallest absolute Gasteiger partial charge is 0.119 e. The monoisotopic (exact) mass is 321 g/mol. The summed E-state index contributed by atoms with van der Waals surface area (Å²) < 4.78 is 5.47. The van der Waals surface area contributed by atoms with Gasteiger partial charge in [0.05, 0.1) is 11.2 Å². The number of nitrogens with zero attached hydrogens (tertiary/aromatic N) is 1. The molecular formula is C20H16ClNO. The van der Waals surface area contributed by atoms with Crippen molar-refractivity contribution in [2.75, 3.05) is 6.61 Å². The number of pyridine rings is 1. The third-order valence-electron chi connectivity index (χ3n) is 3.37. The summed E-state index contributed by atoms with van der Waals surface area (Å²) in [5, 5.41) is 1.77. The fourth-order valence-corrected chi connectivity index (χ4v) is 2.38. The van der Waals surface area contributed by atoms with Gasteiger partial charge in [-0.25, -0.2) is 4.98 Å². The summed E-state index contributed by atoms with van der Waals surface area (Å²) in [4.78, 5) is 4.60. The van der Waals surface area contributed by atoms with Gasteiger partial charge in [-0.15, -0.1) is 0 Å². The van der Waals surface area contributed by atoms with Crippen LogP contribution in [0.5, 0.6) is 5.75 Å². The van der Waals surface area contributed by atoms with E-state index in [0.717, 1.165) is 27.9 Å². The maximum atomic E-state index is 6.02. The number of fused-ring (bicyclic) bond motifs is 1. The first-order valence-corrected chi connectivity index (χ1v) is 7.70. The Kier molecular flexibility index (Phi) is 4.74. The Balaban J connectivity index is 1.77. The molecule has 0 aliphatic rings. The predicted octanol–water partition coefficient (Wildman–Crippen LogP) is 5.62. The van der Waals surface area contributed by atoms with Gasteiger partial charge >= 0.3 is 0 Å². The van der Waals surface area contributed by atoms with Gasteiger partial charge in [-0.1, -0.05) is 54.6 Å². The minimum absolute atomic E-state index is 0.513. The van der Waals surface area contributed by atoms with E-state index in [2.05, 4.69) is 11.6 Å². The normalized spacial score (nSPS) is 11.0. The second kappa shape index (κ2) is 7.12. The number of hydrogen-bond donors (Lipinski definition) is 0. The molecule has 0 bridgehead atoms. The lowest BCUT2D eigenvalue weighted by Crippen LogP contribution is -1.91. The molecule has 2 aromatic carbocycles. The fraction of sp³-hybridized carbons (Fsp3) is 0.0500. The molecule has 3 rings (SSSR count). The van der Waals surface area contributed by atoms with E-state index in [1.165, 1.54) is 0 Å². The first kappa shape index (κ1) is 15.3. The number of hydrogen-bond acceptors (Lipinski definition) is 2. The molecule has 0 unspecified atom stereocenters. The highest BCUT2D eigenvalue weighted by Gasteiger charge is 1.98. The quantitative estimate of drug-likeness (QED) is 0.569. The summed E-state index contributed by atoms with van der Waals surface area (Å²) >= 11 is 6.02. The van der Waals surface area contributed by atoms with Crippen molar-refractivity contribution < 1.29 is 4.74 Å². The van der Waals surface area contributed by atoms with Gasteiger partial charge in [0, 0.05) is 10.4 Å².